The summed E-state index contributed by atoms with van der Waals surface area (Å²) in [5.41, 5.74) is 1.29. The van der Waals surface area contributed by atoms with Crippen LogP contribution in [0.1, 0.15) is 23.3 Å². The lowest BCUT2D eigenvalue weighted by atomic mass is 10.1. The van der Waals surface area contributed by atoms with Crippen molar-refractivity contribution < 1.29 is 4.79 Å². The van der Waals surface area contributed by atoms with Gasteiger partial charge in [0.05, 0.1) is 6.54 Å². The van der Waals surface area contributed by atoms with Crippen molar-refractivity contribution in [3.8, 4) is 0 Å². The molecule has 0 saturated heterocycles. The van der Waals surface area contributed by atoms with Crippen LogP contribution in [0, 0.1) is 0 Å². The number of nitrogens with one attached hydrogen (secondary N) is 2. The van der Waals surface area contributed by atoms with Gasteiger partial charge in [-0.3, -0.25) is 9.79 Å². The number of guanidine groups is 1. The number of rotatable bonds is 6. The van der Waals surface area contributed by atoms with Crippen molar-refractivity contribution in [1.29, 1.82) is 0 Å². The third-order valence-corrected chi connectivity index (χ3v) is 7.77. The number of fused-ring (bicyclic) bond motifs is 1. The standard InChI is InChI=1S/C21H26N4OS2/c1-22-20(24-15-21(9-10-21)28-17-5-3-2-4-6-17)23-13-19(26)25-11-7-18-16(14-25)8-12-27-18/h2-6,8,12H,7,9-11,13-15H2,1H3,(H2,22,23,24). The maximum Gasteiger partial charge on any atom is 0.242 e. The molecule has 1 aliphatic heterocycles. The van der Waals surface area contributed by atoms with E-state index in [1.807, 2.05) is 22.7 Å². The first-order valence-electron chi connectivity index (χ1n) is 9.69. The number of thiophene rings is 1. The number of carbonyl (C=O) groups is 1. The van der Waals surface area contributed by atoms with E-state index in [0.29, 0.717) is 5.96 Å². The highest BCUT2D eigenvalue weighted by atomic mass is 32.2. The van der Waals surface area contributed by atoms with Crippen molar-refractivity contribution in [2.75, 3.05) is 26.7 Å². The van der Waals surface area contributed by atoms with Gasteiger partial charge >= 0.3 is 0 Å². The van der Waals surface area contributed by atoms with Crippen LogP contribution in [-0.4, -0.2) is 48.2 Å². The zero-order valence-corrected chi connectivity index (χ0v) is 17.7. The van der Waals surface area contributed by atoms with Crippen molar-refractivity contribution in [2.45, 2.75) is 35.4 Å². The molecular formula is C21H26N4OS2. The summed E-state index contributed by atoms with van der Waals surface area (Å²) >= 11 is 3.72. The van der Waals surface area contributed by atoms with Crippen molar-refractivity contribution in [3.05, 3.63) is 52.2 Å². The topological polar surface area (TPSA) is 56.7 Å². The highest BCUT2D eigenvalue weighted by molar-refractivity contribution is 8.01. The minimum Gasteiger partial charge on any atom is -0.355 e. The molecule has 0 radical (unpaired) electrons. The molecule has 1 amide bonds. The Morgan fingerprint density at radius 1 is 1.25 bits per heavy atom. The molecule has 1 aliphatic carbocycles. The van der Waals surface area contributed by atoms with Gasteiger partial charge in [-0.05, 0) is 48.4 Å². The van der Waals surface area contributed by atoms with E-state index >= 15 is 0 Å². The summed E-state index contributed by atoms with van der Waals surface area (Å²) in [6, 6.07) is 12.7. The molecule has 0 unspecified atom stereocenters. The molecule has 1 aromatic heterocycles. The Balaban J connectivity index is 1.23. The van der Waals surface area contributed by atoms with E-state index in [0.717, 1.165) is 26.1 Å². The molecule has 2 N–H and O–H groups in total. The maximum absolute atomic E-state index is 12.6. The highest BCUT2D eigenvalue weighted by Crippen LogP contribution is 2.51. The summed E-state index contributed by atoms with van der Waals surface area (Å²) in [5, 5.41) is 8.72. The predicted octanol–water partition coefficient (Wildman–Crippen LogP) is 3.12. The highest BCUT2D eigenvalue weighted by Gasteiger charge is 2.43. The smallest absolute Gasteiger partial charge is 0.242 e. The monoisotopic (exact) mass is 414 g/mol. The van der Waals surface area contributed by atoms with E-state index in [4.69, 9.17) is 0 Å². The fraction of sp³-hybridized carbons (Fsp3) is 0.429. The molecule has 2 aliphatic rings. The van der Waals surface area contributed by atoms with Gasteiger partial charge < -0.3 is 15.5 Å². The molecule has 1 saturated carbocycles. The average Bonchev–Trinajstić information content (AvgIpc) is 3.32. The van der Waals surface area contributed by atoms with Crippen LogP contribution in [0.15, 0.2) is 51.7 Å². The van der Waals surface area contributed by atoms with E-state index in [1.54, 1.807) is 18.4 Å². The van der Waals surface area contributed by atoms with E-state index < -0.39 is 0 Å². The Bertz CT molecular complexity index is 845. The Hall–Kier alpha value is -1.99. The second-order valence-corrected chi connectivity index (χ2v) is 9.85. The number of hydrogen-bond donors (Lipinski definition) is 2. The minimum atomic E-state index is 0.125. The largest absolute Gasteiger partial charge is 0.355 e. The third-order valence-electron chi connectivity index (χ3n) is 5.25. The van der Waals surface area contributed by atoms with Crippen molar-refractivity contribution in [2.24, 2.45) is 4.99 Å². The van der Waals surface area contributed by atoms with Crippen LogP contribution in [0.2, 0.25) is 0 Å². The molecular weight excluding hydrogens is 388 g/mol. The second-order valence-electron chi connectivity index (χ2n) is 7.31. The molecule has 1 fully saturated rings. The van der Waals surface area contributed by atoms with Crippen molar-refractivity contribution >= 4 is 35.0 Å². The van der Waals surface area contributed by atoms with Crippen molar-refractivity contribution in [3.63, 3.8) is 0 Å². The van der Waals surface area contributed by atoms with Gasteiger partial charge in [-0.1, -0.05) is 18.2 Å². The summed E-state index contributed by atoms with van der Waals surface area (Å²) in [7, 11) is 1.75. The number of aliphatic imine (C=N–C) groups is 1. The first-order chi connectivity index (χ1) is 13.7. The molecule has 7 heteroatoms. The van der Waals surface area contributed by atoms with Crippen LogP contribution in [0.3, 0.4) is 0 Å². The number of benzene rings is 1. The summed E-state index contributed by atoms with van der Waals surface area (Å²) in [5.74, 6) is 0.820. The Morgan fingerprint density at radius 3 is 2.82 bits per heavy atom. The molecule has 28 heavy (non-hydrogen) atoms. The lowest BCUT2D eigenvalue weighted by molar-refractivity contribution is -0.130. The number of nitrogens with zero attached hydrogens (tertiary/aromatic N) is 2. The zero-order chi connectivity index (χ0) is 19.4. The SMILES string of the molecule is CN=C(NCC(=O)N1CCc2sccc2C1)NCC1(Sc2ccccc2)CC1. The summed E-state index contributed by atoms with van der Waals surface area (Å²) < 4.78 is 0.241. The molecule has 4 rings (SSSR count). The number of hydrogen-bond acceptors (Lipinski definition) is 4. The molecule has 1 aromatic carbocycles. The van der Waals surface area contributed by atoms with Gasteiger partial charge in [0.15, 0.2) is 5.96 Å². The number of amides is 1. The van der Waals surface area contributed by atoms with Gasteiger partial charge in [-0.15, -0.1) is 23.1 Å². The first-order valence-corrected chi connectivity index (χ1v) is 11.4. The molecule has 0 spiro atoms. The van der Waals surface area contributed by atoms with E-state index in [9.17, 15) is 4.79 Å². The molecule has 2 aromatic rings. The quantitative estimate of drug-likeness (QED) is 0.563. The number of thioether (sulfide) groups is 1. The Kier molecular flexibility index (Phi) is 5.92. The van der Waals surface area contributed by atoms with Gasteiger partial charge in [0.2, 0.25) is 5.91 Å². The normalized spacial score (nSPS) is 17.8. The minimum absolute atomic E-state index is 0.125. The van der Waals surface area contributed by atoms with Gasteiger partial charge in [-0.2, -0.15) is 0 Å². The molecule has 0 bridgehead atoms. The molecule has 5 nitrogen and oxygen atoms in total. The van der Waals surface area contributed by atoms with E-state index in [1.165, 1.54) is 28.2 Å². The van der Waals surface area contributed by atoms with E-state index in [2.05, 4.69) is 51.3 Å². The fourth-order valence-electron chi connectivity index (χ4n) is 3.39. The summed E-state index contributed by atoms with van der Waals surface area (Å²) in [4.78, 5) is 21.5. The van der Waals surface area contributed by atoms with Crippen LogP contribution in [-0.2, 0) is 17.8 Å². The summed E-state index contributed by atoms with van der Waals surface area (Å²) in [6.07, 6.45) is 3.36. The lowest BCUT2D eigenvalue weighted by Crippen LogP contribution is -2.47. The van der Waals surface area contributed by atoms with Crippen LogP contribution in [0.5, 0.6) is 0 Å². The third kappa shape index (κ3) is 4.70. The number of carbonyl (C=O) groups excluding carboxylic acids is 1. The average molecular weight is 415 g/mol. The van der Waals surface area contributed by atoms with Gasteiger partial charge in [0.1, 0.15) is 0 Å². The lowest BCUT2D eigenvalue weighted by Gasteiger charge is -2.27. The van der Waals surface area contributed by atoms with E-state index in [-0.39, 0.29) is 17.2 Å². The zero-order valence-electron chi connectivity index (χ0n) is 16.1. The Morgan fingerprint density at radius 2 is 2.07 bits per heavy atom. The molecule has 2 heterocycles. The van der Waals surface area contributed by atoms with Crippen LogP contribution in [0.4, 0.5) is 0 Å². The van der Waals surface area contributed by atoms with Crippen LogP contribution >= 0.6 is 23.1 Å². The van der Waals surface area contributed by atoms with Gasteiger partial charge in [-0.25, -0.2) is 0 Å². The molecule has 0 atom stereocenters. The van der Waals surface area contributed by atoms with Crippen molar-refractivity contribution in [1.82, 2.24) is 15.5 Å². The van der Waals surface area contributed by atoms with Gasteiger partial charge in [0, 0.05) is 41.2 Å². The fourth-order valence-corrected chi connectivity index (χ4v) is 5.52. The summed E-state index contributed by atoms with van der Waals surface area (Å²) in [6.45, 7) is 2.65. The maximum atomic E-state index is 12.6. The molecule has 148 valence electrons. The predicted molar refractivity (Wildman–Crippen MR) is 117 cm³/mol. The van der Waals surface area contributed by atoms with Crippen LogP contribution in [0.25, 0.3) is 0 Å². The first kappa shape index (κ1) is 19.3. The van der Waals surface area contributed by atoms with Gasteiger partial charge in [0.25, 0.3) is 0 Å². The van der Waals surface area contributed by atoms with Crippen LogP contribution < -0.4 is 10.6 Å². The Labute approximate surface area is 174 Å². The second kappa shape index (κ2) is 8.57.